The average molecular weight is 425 g/mol. The average Bonchev–Trinajstić information content (AvgIpc) is 2.36. The van der Waals surface area contributed by atoms with E-state index in [0.29, 0.717) is 0 Å². The number of rotatable bonds is 12. The maximum Gasteiger partial charge on any atom is 0.159 e. The first-order valence-electron chi connectivity index (χ1n) is 9.80. The van der Waals surface area contributed by atoms with E-state index in [0.717, 1.165) is 0 Å². The van der Waals surface area contributed by atoms with Crippen molar-refractivity contribution < 1.29 is 17.7 Å². The molecular weight excluding hydrogens is 381 g/mol. The smallest absolute Gasteiger partial charge is 0.159 e. The van der Waals surface area contributed by atoms with Gasteiger partial charge in [-0.25, -0.2) is 0 Å². The van der Waals surface area contributed by atoms with Crippen LogP contribution < -0.4 is 0 Å². The van der Waals surface area contributed by atoms with Crippen molar-refractivity contribution in [3.8, 4) is 0 Å². The van der Waals surface area contributed by atoms with E-state index in [1.165, 1.54) is 0 Å². The molecule has 25 heavy (non-hydrogen) atoms. The molecule has 0 atom stereocenters. The van der Waals surface area contributed by atoms with Gasteiger partial charge in [0.2, 0.25) is 0 Å². The van der Waals surface area contributed by atoms with Gasteiger partial charge >= 0.3 is 0 Å². The summed E-state index contributed by atoms with van der Waals surface area (Å²) >= 11 is 0. The lowest BCUT2D eigenvalue weighted by Crippen LogP contribution is -2.78. The molecule has 0 saturated heterocycles. The minimum absolute atomic E-state index is 0.429. The van der Waals surface area contributed by atoms with E-state index >= 15 is 0 Å². The van der Waals surface area contributed by atoms with Crippen molar-refractivity contribution in [1.82, 2.24) is 0 Å². The fraction of sp³-hybridized carbons (Fsp3) is 1.00. The third kappa shape index (κ3) is 4.59. The van der Waals surface area contributed by atoms with Gasteiger partial charge in [0.15, 0.2) is 39.1 Å². The molecular formula is C17H44O4Si4. The Morgan fingerprint density at radius 3 is 0.680 bits per heavy atom. The lowest BCUT2D eigenvalue weighted by Gasteiger charge is -2.68. The molecule has 0 saturated carbocycles. The van der Waals surface area contributed by atoms with Gasteiger partial charge in [-0.1, -0.05) is 26.2 Å². The van der Waals surface area contributed by atoms with Crippen molar-refractivity contribution in [1.29, 1.82) is 0 Å². The normalized spacial score (nSPS) is 18.7. The summed E-state index contributed by atoms with van der Waals surface area (Å²) < 4.78 is 26.2. The second kappa shape index (κ2) is 9.27. The SMILES string of the molecule is C[SiH2]OC(C)(C)C(C(C)(C)O[SiH2]C)(C(C)(C)O[SiH2]C)C(C)(C)O[SiH2]C. The molecule has 0 bridgehead atoms. The fourth-order valence-electron chi connectivity index (χ4n) is 6.23. The largest absolute Gasteiger partial charge is 0.418 e. The van der Waals surface area contributed by atoms with Crippen molar-refractivity contribution in [2.24, 2.45) is 5.41 Å². The molecule has 0 radical (unpaired) electrons. The van der Waals surface area contributed by atoms with Crippen molar-refractivity contribution in [2.75, 3.05) is 0 Å². The van der Waals surface area contributed by atoms with E-state index in [1.807, 2.05) is 0 Å². The van der Waals surface area contributed by atoms with E-state index in [1.54, 1.807) is 0 Å². The quantitative estimate of drug-likeness (QED) is 0.447. The van der Waals surface area contributed by atoms with Crippen molar-refractivity contribution in [3.05, 3.63) is 0 Å². The zero-order valence-electron chi connectivity index (χ0n) is 19.0. The van der Waals surface area contributed by atoms with Crippen LogP contribution in [0, 0.1) is 5.41 Å². The molecule has 0 unspecified atom stereocenters. The summed E-state index contributed by atoms with van der Waals surface area (Å²) in [6, 6.07) is 0. The van der Waals surface area contributed by atoms with E-state index < -0.39 is 66.9 Å². The first kappa shape index (κ1) is 25.7. The Hall–Kier alpha value is 0.708. The molecule has 0 aliphatic heterocycles. The highest BCUT2D eigenvalue weighted by Gasteiger charge is 2.71. The standard InChI is InChI=1S/C17H44O4Si4/c1-13(2,18-22-9)17(14(3,4)19-23-10,15(5,6)20-24-11)16(7,8)21-25-12/h22-25H2,1-12H3. The van der Waals surface area contributed by atoms with Gasteiger partial charge in [-0.15, -0.1) is 0 Å². The molecule has 0 aliphatic rings. The highest BCUT2D eigenvalue weighted by Crippen LogP contribution is 2.61. The number of hydrogen-bond acceptors (Lipinski definition) is 4. The molecule has 0 aromatic carbocycles. The molecule has 0 aromatic heterocycles. The summed E-state index contributed by atoms with van der Waals surface area (Å²) in [5.41, 5.74) is -2.18. The molecule has 0 N–H and O–H groups in total. The first-order valence-corrected chi connectivity index (χ1v) is 17.8. The van der Waals surface area contributed by atoms with Crippen LogP contribution in [0.1, 0.15) is 55.4 Å². The molecule has 0 rings (SSSR count). The van der Waals surface area contributed by atoms with Gasteiger partial charge in [0.05, 0.1) is 27.8 Å². The van der Waals surface area contributed by atoms with Crippen LogP contribution in [0.4, 0.5) is 0 Å². The maximum atomic E-state index is 6.54. The van der Waals surface area contributed by atoms with Gasteiger partial charge in [0.1, 0.15) is 0 Å². The molecule has 0 amide bonds. The van der Waals surface area contributed by atoms with Crippen molar-refractivity contribution in [2.45, 2.75) is 104 Å². The molecule has 8 heteroatoms. The van der Waals surface area contributed by atoms with Crippen LogP contribution in [0.25, 0.3) is 0 Å². The van der Waals surface area contributed by atoms with Crippen molar-refractivity contribution >= 4 is 39.1 Å². The van der Waals surface area contributed by atoms with Crippen LogP contribution >= 0.6 is 0 Å². The second-order valence-electron chi connectivity index (χ2n) is 8.52. The second-order valence-corrected chi connectivity index (χ2v) is 12.0. The predicted molar refractivity (Wildman–Crippen MR) is 121 cm³/mol. The van der Waals surface area contributed by atoms with Crippen LogP contribution in [0.5, 0.6) is 0 Å². The third-order valence-electron chi connectivity index (χ3n) is 5.63. The minimum Gasteiger partial charge on any atom is -0.418 e. The summed E-state index contributed by atoms with van der Waals surface area (Å²) in [4.78, 5) is 0. The zero-order valence-corrected chi connectivity index (χ0v) is 24.6. The minimum atomic E-state index is -0.618. The first-order chi connectivity index (χ1) is 11.2. The molecule has 0 heterocycles. The summed E-state index contributed by atoms with van der Waals surface area (Å²) in [6.07, 6.45) is 0. The van der Waals surface area contributed by atoms with E-state index in [-0.39, 0.29) is 0 Å². The summed E-state index contributed by atoms with van der Waals surface area (Å²) in [6.45, 7) is 26.5. The Morgan fingerprint density at radius 2 is 0.560 bits per heavy atom. The monoisotopic (exact) mass is 424 g/mol. The topological polar surface area (TPSA) is 36.9 Å². The zero-order chi connectivity index (χ0) is 20.2. The molecule has 0 spiro atoms. The van der Waals surface area contributed by atoms with Gasteiger partial charge in [-0.3, -0.25) is 0 Å². The molecule has 0 aromatic rings. The Morgan fingerprint density at radius 1 is 0.400 bits per heavy atom. The highest BCUT2D eigenvalue weighted by molar-refractivity contribution is 6.26. The Kier molecular flexibility index (Phi) is 9.53. The van der Waals surface area contributed by atoms with E-state index in [2.05, 4.69) is 81.6 Å². The van der Waals surface area contributed by atoms with Crippen LogP contribution in [0.2, 0.25) is 26.2 Å². The molecule has 0 aliphatic carbocycles. The van der Waals surface area contributed by atoms with Crippen LogP contribution in [0.15, 0.2) is 0 Å². The summed E-state index contributed by atoms with van der Waals surface area (Å²) in [5, 5.41) is 0. The van der Waals surface area contributed by atoms with E-state index in [4.69, 9.17) is 17.7 Å². The van der Waals surface area contributed by atoms with Crippen LogP contribution in [0.3, 0.4) is 0 Å². The van der Waals surface area contributed by atoms with Gasteiger partial charge < -0.3 is 17.7 Å². The molecule has 4 nitrogen and oxygen atoms in total. The third-order valence-corrected chi connectivity index (χ3v) is 9.67. The molecule has 152 valence electrons. The summed E-state index contributed by atoms with van der Waals surface area (Å²) in [5.74, 6) is 0. The van der Waals surface area contributed by atoms with Crippen molar-refractivity contribution in [3.63, 3.8) is 0 Å². The maximum absolute atomic E-state index is 6.54. The van der Waals surface area contributed by atoms with Crippen LogP contribution in [-0.2, 0) is 17.7 Å². The van der Waals surface area contributed by atoms with Gasteiger partial charge in [0.25, 0.3) is 0 Å². The predicted octanol–water partition coefficient (Wildman–Crippen LogP) is 1.68. The van der Waals surface area contributed by atoms with Gasteiger partial charge in [-0.2, -0.15) is 0 Å². The van der Waals surface area contributed by atoms with Gasteiger partial charge in [-0.05, 0) is 55.4 Å². The summed E-state index contributed by atoms with van der Waals surface area (Å²) in [7, 11) is -2.47. The highest BCUT2D eigenvalue weighted by atomic mass is 28.2. The van der Waals surface area contributed by atoms with Crippen LogP contribution in [-0.4, -0.2) is 61.5 Å². The van der Waals surface area contributed by atoms with Gasteiger partial charge in [0, 0.05) is 0 Å². The Balaban J connectivity index is 6.97. The molecule has 0 fully saturated rings. The lowest BCUT2D eigenvalue weighted by molar-refractivity contribution is -0.286. The number of hydrogen-bond donors (Lipinski definition) is 0. The van der Waals surface area contributed by atoms with E-state index in [9.17, 15) is 0 Å². The Bertz CT molecular complexity index is 334. The lowest BCUT2D eigenvalue weighted by atomic mass is 9.48. The fourth-order valence-corrected chi connectivity index (χ4v) is 9.98. The Labute approximate surface area is 166 Å².